The summed E-state index contributed by atoms with van der Waals surface area (Å²) in [5.41, 5.74) is 4.46. The van der Waals surface area contributed by atoms with Crippen molar-refractivity contribution in [1.29, 1.82) is 0 Å². The van der Waals surface area contributed by atoms with Gasteiger partial charge in [0, 0.05) is 16.8 Å². The highest BCUT2D eigenvalue weighted by Crippen LogP contribution is 2.33. The second-order valence-electron chi connectivity index (χ2n) is 6.67. The smallest absolute Gasteiger partial charge is 0.278 e. The molecule has 1 aromatic carbocycles. The minimum Gasteiger partial charge on any atom is -0.350 e. The van der Waals surface area contributed by atoms with Crippen molar-refractivity contribution in [3.8, 4) is 0 Å². The number of carbonyl (C=O) groups is 2. The summed E-state index contributed by atoms with van der Waals surface area (Å²) in [6.07, 6.45) is 1.65. The molecule has 0 bridgehead atoms. The number of carbonyl (C=O) groups excluding carboxylic acids is 2. The fourth-order valence-corrected chi connectivity index (χ4v) is 3.87. The van der Waals surface area contributed by atoms with Gasteiger partial charge in [-0.05, 0) is 60.7 Å². The van der Waals surface area contributed by atoms with E-state index in [0.29, 0.717) is 17.0 Å². The summed E-state index contributed by atoms with van der Waals surface area (Å²) in [6.45, 7) is 4.20. The number of amides is 2. The number of aromatic nitrogens is 1. The van der Waals surface area contributed by atoms with Gasteiger partial charge in [0.15, 0.2) is 0 Å². The topological polar surface area (TPSA) is 62.3 Å². The molecule has 1 N–H and O–H groups in total. The number of imide groups is 1. The molecule has 1 aliphatic rings. The number of nitrogens with one attached hydrogen (secondary N) is 1. The van der Waals surface area contributed by atoms with Crippen molar-refractivity contribution in [1.82, 2.24) is 9.88 Å². The van der Waals surface area contributed by atoms with Gasteiger partial charge in [-0.3, -0.25) is 19.5 Å². The van der Waals surface area contributed by atoms with E-state index in [9.17, 15) is 9.59 Å². The summed E-state index contributed by atoms with van der Waals surface area (Å²) in [4.78, 5) is 32.5. The summed E-state index contributed by atoms with van der Waals surface area (Å²) in [6, 6.07) is 15.1. The normalized spacial score (nSPS) is 14.1. The molecule has 140 valence electrons. The second kappa shape index (κ2) is 7.40. The zero-order valence-corrected chi connectivity index (χ0v) is 16.4. The van der Waals surface area contributed by atoms with E-state index < -0.39 is 0 Å². The Kier molecular flexibility index (Phi) is 4.79. The molecule has 28 heavy (non-hydrogen) atoms. The monoisotopic (exact) mass is 389 g/mol. The first-order valence-electron chi connectivity index (χ1n) is 8.93. The first-order valence-corrected chi connectivity index (χ1v) is 9.81. The number of nitrogens with zero attached hydrogens (tertiary/aromatic N) is 2. The van der Waals surface area contributed by atoms with Crippen LogP contribution in [0.5, 0.6) is 0 Å². The summed E-state index contributed by atoms with van der Waals surface area (Å²) in [7, 11) is 0. The predicted molar refractivity (Wildman–Crippen MR) is 111 cm³/mol. The van der Waals surface area contributed by atoms with Crippen molar-refractivity contribution >= 4 is 34.4 Å². The van der Waals surface area contributed by atoms with Crippen LogP contribution in [-0.2, 0) is 16.1 Å². The molecule has 3 aromatic rings. The molecule has 4 rings (SSSR count). The number of thiophene rings is 1. The molecule has 6 heteroatoms. The first-order chi connectivity index (χ1) is 13.5. The van der Waals surface area contributed by atoms with Crippen molar-refractivity contribution in [3.63, 3.8) is 0 Å². The molecule has 3 heterocycles. The third kappa shape index (κ3) is 3.34. The Morgan fingerprint density at radius 3 is 2.54 bits per heavy atom. The summed E-state index contributed by atoms with van der Waals surface area (Å²) >= 11 is 1.44. The number of rotatable bonds is 5. The van der Waals surface area contributed by atoms with Gasteiger partial charge in [-0.25, -0.2) is 0 Å². The second-order valence-corrected chi connectivity index (χ2v) is 7.62. The molecule has 5 nitrogen and oxygen atoms in total. The van der Waals surface area contributed by atoms with E-state index in [2.05, 4.69) is 10.3 Å². The van der Waals surface area contributed by atoms with E-state index in [-0.39, 0.29) is 18.4 Å². The lowest BCUT2D eigenvalue weighted by atomic mass is 10.1. The SMILES string of the molecule is Cc1ccc(NC2=C(c3cccs3)C(=O)N(Cc3ccccn3)C2=O)cc1C. The molecular weight excluding hydrogens is 370 g/mol. The number of benzene rings is 1. The number of pyridine rings is 1. The molecule has 0 radical (unpaired) electrons. The number of hydrogen-bond acceptors (Lipinski definition) is 5. The molecule has 0 unspecified atom stereocenters. The van der Waals surface area contributed by atoms with Crippen LogP contribution in [0.15, 0.2) is 65.8 Å². The summed E-state index contributed by atoms with van der Waals surface area (Å²) < 4.78 is 0. The lowest BCUT2D eigenvalue weighted by Crippen LogP contribution is -2.32. The molecule has 2 amide bonds. The van der Waals surface area contributed by atoms with Crippen LogP contribution in [0.1, 0.15) is 21.7 Å². The van der Waals surface area contributed by atoms with Crippen molar-refractivity contribution in [2.45, 2.75) is 20.4 Å². The van der Waals surface area contributed by atoms with Crippen LogP contribution >= 0.6 is 11.3 Å². The third-order valence-corrected chi connectivity index (χ3v) is 5.65. The Morgan fingerprint density at radius 1 is 1.00 bits per heavy atom. The van der Waals surface area contributed by atoms with Gasteiger partial charge >= 0.3 is 0 Å². The molecule has 0 saturated carbocycles. The van der Waals surface area contributed by atoms with E-state index in [1.54, 1.807) is 18.3 Å². The Balaban J connectivity index is 1.72. The molecule has 0 saturated heterocycles. The predicted octanol–water partition coefficient (Wildman–Crippen LogP) is 4.15. The quantitative estimate of drug-likeness (QED) is 0.666. The molecule has 0 atom stereocenters. The van der Waals surface area contributed by atoms with Gasteiger partial charge in [0.1, 0.15) is 5.70 Å². The Labute approximate surface area is 167 Å². The lowest BCUT2D eigenvalue weighted by Gasteiger charge is -2.15. The van der Waals surface area contributed by atoms with Gasteiger partial charge in [-0.2, -0.15) is 0 Å². The van der Waals surface area contributed by atoms with E-state index in [0.717, 1.165) is 16.1 Å². The molecule has 1 aliphatic heterocycles. The Hall–Kier alpha value is -3.25. The zero-order chi connectivity index (χ0) is 19.7. The van der Waals surface area contributed by atoms with Crippen LogP contribution in [0.25, 0.3) is 5.57 Å². The zero-order valence-electron chi connectivity index (χ0n) is 15.6. The minimum atomic E-state index is -0.336. The number of anilines is 1. The molecule has 2 aromatic heterocycles. The van der Waals surface area contributed by atoms with Crippen molar-refractivity contribution in [3.05, 3.63) is 87.5 Å². The highest BCUT2D eigenvalue weighted by Gasteiger charge is 2.39. The first kappa shape index (κ1) is 18.1. The largest absolute Gasteiger partial charge is 0.350 e. The van der Waals surface area contributed by atoms with Gasteiger partial charge in [-0.15, -0.1) is 11.3 Å². The Morgan fingerprint density at radius 2 is 1.86 bits per heavy atom. The van der Waals surface area contributed by atoms with Gasteiger partial charge in [0.25, 0.3) is 11.8 Å². The van der Waals surface area contributed by atoms with E-state index >= 15 is 0 Å². The van der Waals surface area contributed by atoms with Crippen LogP contribution in [0.3, 0.4) is 0 Å². The average Bonchev–Trinajstić information content (AvgIpc) is 3.29. The maximum atomic E-state index is 13.1. The fraction of sp³-hybridized carbons (Fsp3) is 0.136. The standard InChI is InChI=1S/C22H19N3O2S/c1-14-8-9-16(12-15(14)2)24-20-19(18-7-5-11-28-18)21(26)25(22(20)27)13-17-6-3-4-10-23-17/h3-12,24H,13H2,1-2H3. The average molecular weight is 389 g/mol. The van der Waals surface area contributed by atoms with Crippen LogP contribution < -0.4 is 5.32 Å². The fourth-order valence-electron chi connectivity index (χ4n) is 3.10. The number of aryl methyl sites for hydroxylation is 2. The van der Waals surface area contributed by atoms with Gasteiger partial charge < -0.3 is 5.32 Å². The van der Waals surface area contributed by atoms with E-state index in [1.807, 2.05) is 55.6 Å². The Bertz CT molecular complexity index is 1070. The molecular formula is C22H19N3O2S. The summed E-state index contributed by atoms with van der Waals surface area (Å²) in [5, 5.41) is 5.10. The van der Waals surface area contributed by atoms with Crippen LogP contribution in [0.4, 0.5) is 5.69 Å². The van der Waals surface area contributed by atoms with E-state index in [1.165, 1.54) is 21.8 Å². The van der Waals surface area contributed by atoms with Crippen LogP contribution in [0, 0.1) is 13.8 Å². The highest BCUT2D eigenvalue weighted by atomic mass is 32.1. The maximum absolute atomic E-state index is 13.1. The maximum Gasteiger partial charge on any atom is 0.278 e. The van der Waals surface area contributed by atoms with Gasteiger partial charge in [0.2, 0.25) is 0 Å². The number of hydrogen-bond donors (Lipinski definition) is 1. The molecule has 0 fully saturated rings. The summed E-state index contributed by atoms with van der Waals surface area (Å²) in [5.74, 6) is -0.637. The van der Waals surface area contributed by atoms with Crippen molar-refractivity contribution in [2.75, 3.05) is 5.32 Å². The van der Waals surface area contributed by atoms with Crippen LogP contribution in [-0.4, -0.2) is 21.7 Å². The molecule has 0 spiro atoms. The minimum absolute atomic E-state index is 0.144. The lowest BCUT2D eigenvalue weighted by molar-refractivity contribution is -0.137. The van der Waals surface area contributed by atoms with Gasteiger partial charge in [-0.1, -0.05) is 18.2 Å². The van der Waals surface area contributed by atoms with Crippen LogP contribution in [0.2, 0.25) is 0 Å². The molecule has 0 aliphatic carbocycles. The van der Waals surface area contributed by atoms with Crippen molar-refractivity contribution in [2.24, 2.45) is 0 Å². The van der Waals surface area contributed by atoms with E-state index in [4.69, 9.17) is 0 Å². The van der Waals surface area contributed by atoms with Gasteiger partial charge in [0.05, 0.1) is 17.8 Å². The third-order valence-electron chi connectivity index (χ3n) is 4.76. The highest BCUT2D eigenvalue weighted by molar-refractivity contribution is 7.11. The van der Waals surface area contributed by atoms with Crippen molar-refractivity contribution < 1.29 is 9.59 Å².